The summed E-state index contributed by atoms with van der Waals surface area (Å²) in [5.74, 6) is -1.79. The minimum atomic E-state index is -0.905. The molecule has 1 aliphatic carbocycles. The van der Waals surface area contributed by atoms with Crippen molar-refractivity contribution in [2.24, 2.45) is 0 Å². The van der Waals surface area contributed by atoms with Gasteiger partial charge in [-0.2, -0.15) is 0 Å². The van der Waals surface area contributed by atoms with Crippen LogP contribution >= 0.6 is 0 Å². The van der Waals surface area contributed by atoms with Crippen molar-refractivity contribution in [2.75, 3.05) is 19.6 Å². The maximum atomic E-state index is 10.7. The van der Waals surface area contributed by atoms with Crippen LogP contribution in [-0.2, 0) is 9.59 Å². The number of nitrogens with zero attached hydrogens (tertiary/aromatic N) is 1. The lowest BCUT2D eigenvalue weighted by atomic mass is 9.97. The summed E-state index contributed by atoms with van der Waals surface area (Å²) in [6.07, 6.45) is 7.74. The standard InChI is InChI=1S/C13H21NO4/c15-12(16)7-9-14(10-13(17)18)8-6-11-4-2-1-3-5-11/h4H,1-3,5-10H2,(H,15,16)(H,17,18). The summed E-state index contributed by atoms with van der Waals surface area (Å²) < 4.78 is 0. The lowest BCUT2D eigenvalue weighted by Crippen LogP contribution is -2.33. The molecule has 0 bridgehead atoms. The lowest BCUT2D eigenvalue weighted by Gasteiger charge is -2.21. The smallest absolute Gasteiger partial charge is 0.317 e. The first kappa shape index (κ1) is 14.7. The average molecular weight is 255 g/mol. The number of allylic oxidation sites excluding steroid dienone is 1. The maximum Gasteiger partial charge on any atom is 0.317 e. The van der Waals surface area contributed by atoms with E-state index >= 15 is 0 Å². The summed E-state index contributed by atoms with van der Waals surface area (Å²) in [4.78, 5) is 22.9. The van der Waals surface area contributed by atoms with E-state index in [9.17, 15) is 9.59 Å². The first-order valence-corrected chi connectivity index (χ1v) is 6.42. The topological polar surface area (TPSA) is 77.8 Å². The monoisotopic (exact) mass is 255 g/mol. The molecule has 0 radical (unpaired) electrons. The van der Waals surface area contributed by atoms with E-state index in [0.717, 1.165) is 19.3 Å². The van der Waals surface area contributed by atoms with Gasteiger partial charge in [0.25, 0.3) is 0 Å². The molecule has 5 heteroatoms. The quantitative estimate of drug-likeness (QED) is 0.646. The molecule has 102 valence electrons. The molecule has 0 atom stereocenters. The van der Waals surface area contributed by atoms with Crippen LogP contribution in [0.25, 0.3) is 0 Å². The van der Waals surface area contributed by atoms with E-state index in [0.29, 0.717) is 13.1 Å². The first-order valence-electron chi connectivity index (χ1n) is 6.42. The van der Waals surface area contributed by atoms with Crippen molar-refractivity contribution in [3.8, 4) is 0 Å². The van der Waals surface area contributed by atoms with Crippen molar-refractivity contribution in [3.63, 3.8) is 0 Å². The van der Waals surface area contributed by atoms with Crippen molar-refractivity contribution >= 4 is 11.9 Å². The summed E-state index contributed by atoms with van der Waals surface area (Å²) in [6.45, 7) is 0.848. The van der Waals surface area contributed by atoms with E-state index in [1.807, 2.05) is 0 Å². The second-order valence-corrected chi connectivity index (χ2v) is 4.67. The van der Waals surface area contributed by atoms with Crippen LogP contribution in [-0.4, -0.2) is 46.7 Å². The number of hydrogen-bond acceptors (Lipinski definition) is 3. The van der Waals surface area contributed by atoms with Crippen molar-refractivity contribution in [1.82, 2.24) is 4.90 Å². The summed E-state index contributed by atoms with van der Waals surface area (Å²) in [5, 5.41) is 17.4. The van der Waals surface area contributed by atoms with Gasteiger partial charge in [0.2, 0.25) is 0 Å². The predicted molar refractivity (Wildman–Crippen MR) is 67.5 cm³/mol. The Hall–Kier alpha value is -1.36. The van der Waals surface area contributed by atoms with Gasteiger partial charge >= 0.3 is 11.9 Å². The van der Waals surface area contributed by atoms with E-state index in [-0.39, 0.29) is 13.0 Å². The number of carbonyl (C=O) groups is 2. The highest BCUT2D eigenvalue weighted by Crippen LogP contribution is 2.20. The fourth-order valence-corrected chi connectivity index (χ4v) is 2.15. The van der Waals surface area contributed by atoms with Crippen LogP contribution in [0, 0.1) is 0 Å². The molecule has 0 unspecified atom stereocenters. The van der Waals surface area contributed by atoms with Crippen molar-refractivity contribution in [3.05, 3.63) is 11.6 Å². The highest BCUT2D eigenvalue weighted by atomic mass is 16.4. The Balaban J connectivity index is 2.36. The van der Waals surface area contributed by atoms with Crippen LogP contribution in [0.15, 0.2) is 11.6 Å². The zero-order valence-corrected chi connectivity index (χ0v) is 10.6. The Bertz CT molecular complexity index is 325. The Morgan fingerprint density at radius 2 is 1.94 bits per heavy atom. The fourth-order valence-electron chi connectivity index (χ4n) is 2.15. The third kappa shape index (κ3) is 6.39. The van der Waals surface area contributed by atoms with Crippen molar-refractivity contribution in [1.29, 1.82) is 0 Å². The number of carboxylic acids is 2. The third-order valence-corrected chi connectivity index (χ3v) is 3.13. The van der Waals surface area contributed by atoms with Gasteiger partial charge in [0, 0.05) is 13.1 Å². The molecule has 0 fully saturated rings. The molecule has 1 aliphatic rings. The third-order valence-electron chi connectivity index (χ3n) is 3.13. The Labute approximate surface area is 107 Å². The van der Waals surface area contributed by atoms with Gasteiger partial charge in [-0.15, -0.1) is 0 Å². The summed E-state index contributed by atoms with van der Waals surface area (Å²) in [7, 11) is 0. The van der Waals surface area contributed by atoms with E-state index in [1.165, 1.54) is 18.4 Å². The van der Waals surface area contributed by atoms with Gasteiger partial charge < -0.3 is 10.2 Å². The molecule has 0 spiro atoms. The zero-order valence-electron chi connectivity index (χ0n) is 10.6. The van der Waals surface area contributed by atoms with E-state index in [1.54, 1.807) is 4.90 Å². The van der Waals surface area contributed by atoms with Crippen LogP contribution in [0.3, 0.4) is 0 Å². The summed E-state index contributed by atoms with van der Waals surface area (Å²) in [6, 6.07) is 0. The minimum absolute atomic E-state index is 0.00761. The van der Waals surface area contributed by atoms with Gasteiger partial charge in [0.15, 0.2) is 0 Å². The highest BCUT2D eigenvalue weighted by molar-refractivity contribution is 5.69. The van der Waals surface area contributed by atoms with E-state index in [2.05, 4.69) is 6.08 Å². The Morgan fingerprint density at radius 3 is 2.50 bits per heavy atom. The molecule has 18 heavy (non-hydrogen) atoms. The molecule has 0 aromatic heterocycles. The van der Waals surface area contributed by atoms with Crippen molar-refractivity contribution in [2.45, 2.75) is 38.5 Å². The molecule has 2 N–H and O–H groups in total. The highest BCUT2D eigenvalue weighted by Gasteiger charge is 2.12. The Morgan fingerprint density at radius 1 is 1.17 bits per heavy atom. The summed E-state index contributed by atoms with van der Waals surface area (Å²) >= 11 is 0. The molecular weight excluding hydrogens is 234 g/mol. The molecular formula is C13H21NO4. The van der Waals surface area contributed by atoms with E-state index < -0.39 is 11.9 Å². The molecule has 0 saturated carbocycles. The van der Waals surface area contributed by atoms with Crippen molar-refractivity contribution < 1.29 is 19.8 Å². The molecule has 0 saturated heterocycles. The van der Waals surface area contributed by atoms with Crippen LogP contribution in [0.5, 0.6) is 0 Å². The van der Waals surface area contributed by atoms with Gasteiger partial charge in [0.05, 0.1) is 13.0 Å². The number of rotatable bonds is 8. The normalized spacial score (nSPS) is 15.5. The Kier molecular flexibility index (Phi) is 6.43. The molecule has 0 amide bonds. The second kappa shape index (κ2) is 7.87. The molecule has 0 aromatic carbocycles. The van der Waals surface area contributed by atoms with E-state index in [4.69, 9.17) is 10.2 Å². The largest absolute Gasteiger partial charge is 0.481 e. The number of aliphatic carboxylic acids is 2. The van der Waals surface area contributed by atoms with Gasteiger partial charge in [-0.1, -0.05) is 11.6 Å². The molecule has 0 aliphatic heterocycles. The van der Waals surface area contributed by atoms with Gasteiger partial charge in [-0.3, -0.25) is 14.5 Å². The predicted octanol–water partition coefficient (Wildman–Crippen LogP) is 1.74. The fraction of sp³-hybridized carbons (Fsp3) is 0.692. The summed E-state index contributed by atoms with van der Waals surface area (Å²) in [5.41, 5.74) is 1.38. The lowest BCUT2D eigenvalue weighted by molar-refractivity contribution is -0.141. The zero-order chi connectivity index (χ0) is 13.4. The number of hydrogen-bond donors (Lipinski definition) is 2. The first-order chi connectivity index (χ1) is 8.58. The maximum absolute atomic E-state index is 10.7. The van der Waals surface area contributed by atoms with Gasteiger partial charge in [-0.25, -0.2) is 0 Å². The minimum Gasteiger partial charge on any atom is -0.481 e. The van der Waals surface area contributed by atoms with Crippen LogP contribution in [0.2, 0.25) is 0 Å². The molecule has 0 aromatic rings. The molecule has 5 nitrogen and oxygen atoms in total. The molecule has 0 heterocycles. The SMILES string of the molecule is O=C(O)CCN(CCC1=CCCCC1)CC(=O)O. The molecule has 1 rings (SSSR count). The van der Waals surface area contributed by atoms with Crippen LogP contribution in [0.4, 0.5) is 0 Å². The van der Waals surface area contributed by atoms with Crippen LogP contribution in [0.1, 0.15) is 38.5 Å². The number of carboxylic acid groups (broad SMARTS) is 2. The van der Waals surface area contributed by atoms with Gasteiger partial charge in [-0.05, 0) is 32.1 Å². The average Bonchev–Trinajstić information content (AvgIpc) is 2.33. The second-order valence-electron chi connectivity index (χ2n) is 4.67. The van der Waals surface area contributed by atoms with Gasteiger partial charge in [0.1, 0.15) is 0 Å². The van der Waals surface area contributed by atoms with Crippen LogP contribution < -0.4 is 0 Å².